The maximum absolute atomic E-state index is 3.78. The van der Waals surface area contributed by atoms with Crippen molar-refractivity contribution in [1.82, 2.24) is 0 Å². The first-order chi connectivity index (χ1) is 11.7. The maximum Gasteiger partial charge on any atom is 0.0810 e. The van der Waals surface area contributed by atoms with Crippen LogP contribution in [0.5, 0.6) is 0 Å². The van der Waals surface area contributed by atoms with Gasteiger partial charge in [-0.05, 0) is 11.1 Å². The number of benzene rings is 1. The van der Waals surface area contributed by atoms with E-state index in [2.05, 4.69) is 83.7 Å². The van der Waals surface area contributed by atoms with Gasteiger partial charge in [0.2, 0.25) is 0 Å². The maximum atomic E-state index is 3.78. The van der Waals surface area contributed by atoms with Crippen LogP contribution in [0, 0.1) is 0 Å². The van der Waals surface area contributed by atoms with Gasteiger partial charge in [-0.2, -0.15) is 0 Å². The van der Waals surface area contributed by atoms with Gasteiger partial charge in [-0.3, -0.25) is 0 Å². The molecule has 1 rings (SSSR count). The fourth-order valence-electron chi connectivity index (χ4n) is 3.72. The summed E-state index contributed by atoms with van der Waals surface area (Å²) in [5, 5.41) is 5.31. The van der Waals surface area contributed by atoms with Gasteiger partial charge in [-0.25, -0.2) is 0 Å². The molecule has 1 aromatic rings. The highest BCUT2D eigenvalue weighted by Crippen LogP contribution is 2.21. The summed E-state index contributed by atoms with van der Waals surface area (Å²) in [6, 6.07) is 6.54. The predicted octanol–water partition coefficient (Wildman–Crippen LogP) is 7.30. The summed E-state index contributed by atoms with van der Waals surface area (Å²) in [6.07, 6.45) is 8.41. The Morgan fingerprint density at radius 1 is 0.720 bits per heavy atom. The zero-order chi connectivity index (χ0) is 19.1. The Hall–Kier alpha value is 0.614. The second-order valence-electron chi connectivity index (χ2n) is 9.09. The van der Waals surface area contributed by atoms with Gasteiger partial charge in [0, 0.05) is 10.7 Å². The Kier molecular flexibility index (Phi) is 10.2. The van der Waals surface area contributed by atoms with Gasteiger partial charge < -0.3 is 0 Å². The van der Waals surface area contributed by atoms with Crippen molar-refractivity contribution < 1.29 is 0 Å². The average Bonchev–Trinajstić information content (AvgIpc) is 2.55. The van der Waals surface area contributed by atoms with E-state index in [1.165, 1.54) is 44.6 Å². The quantitative estimate of drug-likeness (QED) is 0.168. The van der Waals surface area contributed by atoms with Crippen LogP contribution in [-0.2, 0) is 10.7 Å². The largest absolute Gasteiger partial charge is 0.0876 e. The van der Waals surface area contributed by atoms with Crippen molar-refractivity contribution in [2.24, 2.45) is 0 Å². The summed E-state index contributed by atoms with van der Waals surface area (Å²) in [5.74, 6) is 0. The van der Waals surface area contributed by atoms with Crippen LogP contribution in [0.1, 0.15) is 56.6 Å². The van der Waals surface area contributed by atoms with Crippen molar-refractivity contribution in [3.63, 3.8) is 0 Å². The van der Waals surface area contributed by atoms with Crippen molar-refractivity contribution in [2.45, 2.75) is 94.9 Å². The Balaban J connectivity index is 2.97. The minimum Gasteiger partial charge on any atom is -0.0876 e. The number of rotatable bonds is 11. The Morgan fingerprint density at radius 3 is 1.72 bits per heavy atom. The van der Waals surface area contributed by atoms with Crippen LogP contribution in [-0.4, -0.2) is 16.1 Å². The molecule has 1 aromatic carbocycles. The lowest BCUT2D eigenvalue weighted by molar-refractivity contribution is 0.623. The second kappa shape index (κ2) is 10.8. The predicted molar refractivity (Wildman–Crippen MR) is 130 cm³/mol. The molecule has 0 N–H and O–H groups in total. The van der Waals surface area contributed by atoms with Crippen LogP contribution in [0.3, 0.4) is 0 Å². The number of halogens is 2. The molecule has 0 aliphatic carbocycles. The number of hydrogen-bond acceptors (Lipinski definition) is 0. The van der Waals surface area contributed by atoms with E-state index in [4.69, 9.17) is 0 Å². The zero-order valence-electron chi connectivity index (χ0n) is 17.3. The van der Waals surface area contributed by atoms with E-state index in [1.807, 2.05) is 0 Å². The molecule has 0 bridgehead atoms. The highest BCUT2D eigenvalue weighted by atomic mass is 79.9. The van der Waals surface area contributed by atoms with Crippen LogP contribution in [0.25, 0.3) is 0 Å². The molecule has 0 saturated carbocycles. The summed E-state index contributed by atoms with van der Waals surface area (Å²) in [7, 11) is -2.69. The smallest absolute Gasteiger partial charge is 0.0810 e. The molecule has 0 radical (unpaired) electrons. The third kappa shape index (κ3) is 7.27. The minimum absolute atomic E-state index is 0.990. The molecule has 0 aliphatic rings. The molecule has 0 heterocycles. The lowest BCUT2D eigenvalue weighted by atomic mass is 10.1. The van der Waals surface area contributed by atoms with Crippen molar-refractivity contribution >= 4 is 58.4 Å². The van der Waals surface area contributed by atoms with Crippen LogP contribution in [0.2, 0.25) is 38.8 Å². The summed E-state index contributed by atoms with van der Waals surface area (Å²) in [4.78, 5) is 0. The van der Waals surface area contributed by atoms with Crippen LogP contribution >= 0.6 is 31.9 Å². The van der Waals surface area contributed by atoms with E-state index in [-0.39, 0.29) is 0 Å². The number of hydrogen-bond donors (Lipinski definition) is 0. The van der Waals surface area contributed by atoms with Gasteiger partial charge in [-0.15, -0.1) is 0 Å². The first kappa shape index (κ1) is 23.7. The molecule has 0 unspecified atom stereocenters. The summed E-state index contributed by atoms with van der Waals surface area (Å²) >= 11 is 7.55. The van der Waals surface area contributed by atoms with E-state index >= 15 is 0 Å². The third-order valence-corrected chi connectivity index (χ3v) is 12.1. The molecule has 25 heavy (non-hydrogen) atoms. The molecule has 0 fully saturated rings. The van der Waals surface area contributed by atoms with E-state index in [0.29, 0.717) is 0 Å². The van der Waals surface area contributed by atoms with Crippen molar-refractivity contribution in [3.8, 4) is 0 Å². The molecule has 0 amide bonds. The van der Waals surface area contributed by atoms with Gasteiger partial charge in [0.25, 0.3) is 0 Å². The monoisotopic (exact) mass is 504 g/mol. The first-order valence-electron chi connectivity index (χ1n) is 9.96. The molecule has 144 valence electrons. The normalized spacial score (nSPS) is 12.6. The van der Waals surface area contributed by atoms with Crippen molar-refractivity contribution in [1.29, 1.82) is 0 Å². The standard InChI is InChI=1S/C21H38Br2Si2/c1-7-8-9-10-11-12-13-25(5,6)21-15-18(16-22)20(24(2,3)4)14-19(21)17-23/h14-15H,7-13,16-17H2,1-6H3. The minimum atomic E-state index is -1.38. The average molecular weight is 507 g/mol. The molecule has 0 spiro atoms. The summed E-state index contributed by atoms with van der Waals surface area (Å²) in [6.45, 7) is 14.8. The van der Waals surface area contributed by atoms with Crippen LogP contribution < -0.4 is 10.4 Å². The summed E-state index contributed by atoms with van der Waals surface area (Å²) in [5.41, 5.74) is 3.10. The topological polar surface area (TPSA) is 0 Å². The first-order valence-corrected chi connectivity index (χ1v) is 18.9. The highest BCUT2D eigenvalue weighted by molar-refractivity contribution is 9.08. The van der Waals surface area contributed by atoms with E-state index in [1.54, 1.807) is 21.5 Å². The fourth-order valence-corrected chi connectivity index (χ4v) is 9.90. The number of alkyl halides is 2. The molecule has 0 nitrogen and oxygen atoms in total. The molecule has 0 saturated heterocycles. The van der Waals surface area contributed by atoms with E-state index in [0.717, 1.165) is 10.7 Å². The SMILES string of the molecule is CCCCCCCC[Si](C)(C)c1cc(CBr)c([Si](C)(C)C)cc1CBr. The molecule has 4 heteroatoms. The number of unbranched alkanes of at least 4 members (excludes halogenated alkanes) is 5. The third-order valence-electron chi connectivity index (χ3n) is 5.31. The van der Waals surface area contributed by atoms with Gasteiger partial charge >= 0.3 is 0 Å². The van der Waals surface area contributed by atoms with E-state index in [9.17, 15) is 0 Å². The molecule has 0 aromatic heterocycles. The lowest BCUT2D eigenvalue weighted by Crippen LogP contribution is -2.47. The second-order valence-corrected chi connectivity index (χ2v) is 20.1. The fraction of sp³-hybridized carbons (Fsp3) is 0.714. The lowest BCUT2D eigenvalue weighted by Gasteiger charge is -2.30. The Labute approximate surface area is 175 Å². The van der Waals surface area contributed by atoms with Gasteiger partial charge in [0.1, 0.15) is 0 Å². The van der Waals surface area contributed by atoms with Crippen molar-refractivity contribution in [2.75, 3.05) is 0 Å². The molecular formula is C21H38Br2Si2. The molecule has 0 aliphatic heterocycles. The zero-order valence-corrected chi connectivity index (χ0v) is 22.4. The summed E-state index contributed by atoms with van der Waals surface area (Å²) < 4.78 is 0. The molecule has 0 atom stereocenters. The Morgan fingerprint density at radius 2 is 1.20 bits per heavy atom. The van der Waals surface area contributed by atoms with Crippen molar-refractivity contribution in [3.05, 3.63) is 23.3 Å². The van der Waals surface area contributed by atoms with Crippen LogP contribution in [0.15, 0.2) is 12.1 Å². The van der Waals surface area contributed by atoms with Gasteiger partial charge in [0.15, 0.2) is 0 Å². The Bertz CT molecular complexity index is 533. The molecular weight excluding hydrogens is 468 g/mol. The highest BCUT2D eigenvalue weighted by Gasteiger charge is 2.29. The van der Waals surface area contributed by atoms with Gasteiger partial charge in [-0.1, -0.05) is 139 Å². The van der Waals surface area contributed by atoms with Gasteiger partial charge in [0.05, 0.1) is 16.1 Å². The van der Waals surface area contributed by atoms with Crippen LogP contribution in [0.4, 0.5) is 0 Å². The van der Waals surface area contributed by atoms with E-state index < -0.39 is 16.1 Å².